The first-order valence-electron chi connectivity index (χ1n) is 14.9. The second-order valence-corrected chi connectivity index (χ2v) is 13.0. The zero-order valence-electron chi connectivity index (χ0n) is 23.7. The smallest absolute Gasteiger partial charge is 0.167 e. The molecule has 11 nitrogen and oxygen atoms in total. The van der Waals surface area contributed by atoms with Crippen molar-refractivity contribution in [1.82, 2.24) is 34.8 Å². The van der Waals surface area contributed by atoms with Gasteiger partial charge in [-0.3, -0.25) is 4.57 Å². The SMILES string of the molecule is CC(C)(C[C@H]1O[C@@H](n2cnc3c(N)ncnc32)[C@H](O)[C@@H]1O)NC1CC(CCc2nc3ccc(C4CCC4)cc3[nH]2)C1. The van der Waals surface area contributed by atoms with E-state index in [4.69, 9.17) is 15.5 Å². The Balaban J connectivity index is 0.904. The Bertz CT molecular complexity index is 1540. The number of fused-ring (bicyclic) bond motifs is 2. The molecule has 0 bridgehead atoms. The lowest BCUT2D eigenvalue weighted by Crippen LogP contribution is -2.53. The van der Waals surface area contributed by atoms with Crippen LogP contribution in [0.15, 0.2) is 30.9 Å². The van der Waals surface area contributed by atoms with Gasteiger partial charge in [0.1, 0.15) is 29.9 Å². The number of nitrogens with two attached hydrogens (primary N) is 1. The van der Waals surface area contributed by atoms with Crippen LogP contribution in [0.3, 0.4) is 0 Å². The molecule has 4 heterocycles. The molecular weight excluding hydrogens is 520 g/mol. The van der Waals surface area contributed by atoms with E-state index in [2.05, 4.69) is 57.3 Å². The molecule has 1 aromatic carbocycles. The van der Waals surface area contributed by atoms with Crippen molar-refractivity contribution >= 4 is 28.0 Å². The van der Waals surface area contributed by atoms with Gasteiger partial charge < -0.3 is 31.0 Å². The van der Waals surface area contributed by atoms with Crippen molar-refractivity contribution in [3.8, 4) is 0 Å². The standard InChI is InChI=1S/C30H40N8O3/c1-30(2,13-22-25(39)26(40)29(41-22)38-15-34-24-27(31)32-14-33-28(24)38)37-19-10-16(11-19)6-9-23-35-20-8-7-18(12-21(20)36-23)17-4-3-5-17/h7-8,12,14-17,19,22,25-26,29,37,39-40H,3-6,9-11,13H2,1-2H3,(H,35,36)(H2,31,32,33)/t16?,19?,22-,25-,26-,29-/m1/s1. The number of H-pyrrole nitrogens is 1. The third-order valence-electron chi connectivity index (χ3n) is 9.46. The first-order valence-corrected chi connectivity index (χ1v) is 14.9. The first kappa shape index (κ1) is 26.8. The highest BCUT2D eigenvalue weighted by Crippen LogP contribution is 2.39. The van der Waals surface area contributed by atoms with E-state index in [0.29, 0.717) is 29.5 Å². The normalized spacial score (nSPS) is 28.8. The van der Waals surface area contributed by atoms with Gasteiger partial charge in [0.05, 0.1) is 23.5 Å². The number of hydrogen-bond acceptors (Lipinski definition) is 9. The summed E-state index contributed by atoms with van der Waals surface area (Å²) in [5, 5.41) is 25.4. The number of rotatable bonds is 9. The zero-order chi connectivity index (χ0) is 28.3. The average Bonchev–Trinajstić information content (AvgIpc) is 3.56. The lowest BCUT2D eigenvalue weighted by Gasteiger charge is -2.42. The summed E-state index contributed by atoms with van der Waals surface area (Å²) >= 11 is 0. The minimum absolute atomic E-state index is 0.262. The van der Waals surface area contributed by atoms with Gasteiger partial charge in [0.2, 0.25) is 0 Å². The van der Waals surface area contributed by atoms with E-state index in [0.717, 1.165) is 42.9 Å². The predicted molar refractivity (Wildman–Crippen MR) is 155 cm³/mol. The topological polar surface area (TPSA) is 160 Å². The van der Waals surface area contributed by atoms with Crippen molar-refractivity contribution in [3.63, 3.8) is 0 Å². The number of hydrogen-bond donors (Lipinski definition) is 5. The van der Waals surface area contributed by atoms with Crippen molar-refractivity contribution in [3.05, 3.63) is 42.2 Å². The summed E-state index contributed by atoms with van der Waals surface area (Å²) in [6, 6.07) is 7.15. The maximum atomic E-state index is 10.8. The summed E-state index contributed by atoms with van der Waals surface area (Å²) in [7, 11) is 0. The summed E-state index contributed by atoms with van der Waals surface area (Å²) in [4.78, 5) is 20.9. The van der Waals surface area contributed by atoms with E-state index in [1.54, 1.807) is 4.57 Å². The number of imidazole rings is 2. The molecule has 2 saturated carbocycles. The number of nitrogen functional groups attached to an aromatic ring is 1. The van der Waals surface area contributed by atoms with Crippen LogP contribution >= 0.6 is 0 Å². The molecule has 0 radical (unpaired) electrons. The fourth-order valence-electron chi connectivity index (χ4n) is 6.92. The molecule has 2 aliphatic carbocycles. The molecule has 3 fully saturated rings. The van der Waals surface area contributed by atoms with Gasteiger partial charge in [-0.2, -0.15) is 0 Å². The molecule has 4 aromatic rings. The second kappa shape index (κ2) is 10.3. The number of aromatic amines is 1. The molecule has 1 saturated heterocycles. The highest BCUT2D eigenvalue weighted by Gasteiger charge is 2.46. The van der Waals surface area contributed by atoms with E-state index >= 15 is 0 Å². The molecule has 0 unspecified atom stereocenters. The van der Waals surface area contributed by atoms with Crippen LogP contribution in [0.1, 0.15) is 82.3 Å². The molecule has 3 aromatic heterocycles. The van der Waals surface area contributed by atoms with E-state index in [1.807, 2.05) is 0 Å². The Labute approximate surface area is 239 Å². The molecular formula is C30H40N8O3. The number of aliphatic hydroxyl groups is 2. The monoisotopic (exact) mass is 560 g/mol. The number of nitrogens with one attached hydrogen (secondary N) is 2. The fourth-order valence-corrected chi connectivity index (χ4v) is 6.92. The molecule has 3 aliphatic rings. The number of aliphatic hydroxyl groups excluding tert-OH is 2. The third kappa shape index (κ3) is 5.09. The lowest BCUT2D eigenvalue weighted by atomic mass is 9.76. The van der Waals surface area contributed by atoms with Crippen LogP contribution in [0.5, 0.6) is 0 Å². The van der Waals surface area contributed by atoms with E-state index in [-0.39, 0.29) is 11.4 Å². The number of anilines is 1. The van der Waals surface area contributed by atoms with Crippen molar-refractivity contribution in [2.75, 3.05) is 5.73 Å². The highest BCUT2D eigenvalue weighted by atomic mass is 16.6. The number of nitrogens with zero attached hydrogens (tertiary/aromatic N) is 5. The fraction of sp³-hybridized carbons (Fsp3) is 0.600. The summed E-state index contributed by atoms with van der Waals surface area (Å²) in [6.45, 7) is 4.26. The highest BCUT2D eigenvalue weighted by molar-refractivity contribution is 5.81. The van der Waals surface area contributed by atoms with Crippen molar-refractivity contribution in [1.29, 1.82) is 0 Å². The molecule has 4 atom stereocenters. The maximum Gasteiger partial charge on any atom is 0.167 e. The summed E-state index contributed by atoms with van der Waals surface area (Å²) < 4.78 is 7.80. The largest absolute Gasteiger partial charge is 0.388 e. The summed E-state index contributed by atoms with van der Waals surface area (Å²) in [6.07, 6.45) is 8.25. The quantitative estimate of drug-likeness (QED) is 0.207. The molecule has 7 rings (SSSR count). The Morgan fingerprint density at radius 2 is 1.98 bits per heavy atom. The molecule has 218 valence electrons. The van der Waals surface area contributed by atoms with Gasteiger partial charge in [-0.1, -0.05) is 12.5 Å². The van der Waals surface area contributed by atoms with Crippen LogP contribution < -0.4 is 11.1 Å². The zero-order valence-corrected chi connectivity index (χ0v) is 23.7. The predicted octanol–water partition coefficient (Wildman–Crippen LogP) is 3.34. The Morgan fingerprint density at radius 3 is 2.76 bits per heavy atom. The molecule has 0 amide bonds. The second-order valence-electron chi connectivity index (χ2n) is 13.0. The van der Waals surface area contributed by atoms with E-state index < -0.39 is 24.5 Å². The van der Waals surface area contributed by atoms with Crippen LogP contribution in [-0.2, 0) is 11.2 Å². The van der Waals surface area contributed by atoms with Crippen LogP contribution in [0.2, 0.25) is 0 Å². The van der Waals surface area contributed by atoms with E-state index in [9.17, 15) is 10.2 Å². The molecule has 6 N–H and O–H groups in total. The minimum Gasteiger partial charge on any atom is -0.388 e. The molecule has 0 spiro atoms. The number of benzene rings is 1. The Kier molecular flexibility index (Phi) is 6.72. The van der Waals surface area contributed by atoms with Gasteiger partial charge >= 0.3 is 0 Å². The van der Waals surface area contributed by atoms with Gasteiger partial charge in [0.25, 0.3) is 0 Å². The molecule has 41 heavy (non-hydrogen) atoms. The third-order valence-corrected chi connectivity index (χ3v) is 9.46. The Morgan fingerprint density at radius 1 is 1.15 bits per heavy atom. The molecule has 11 heteroatoms. The van der Waals surface area contributed by atoms with Gasteiger partial charge in [-0.15, -0.1) is 0 Å². The minimum atomic E-state index is -1.11. The number of aromatic nitrogens is 6. The Hall–Kier alpha value is -3.12. The van der Waals surface area contributed by atoms with Gasteiger partial charge in [0.15, 0.2) is 17.7 Å². The van der Waals surface area contributed by atoms with Gasteiger partial charge in [-0.25, -0.2) is 19.9 Å². The summed E-state index contributed by atoms with van der Waals surface area (Å²) in [5.74, 6) is 2.75. The summed E-state index contributed by atoms with van der Waals surface area (Å²) in [5.41, 5.74) is 10.2. The van der Waals surface area contributed by atoms with Gasteiger partial charge in [-0.05, 0) is 81.9 Å². The number of aryl methyl sites for hydroxylation is 1. The average molecular weight is 561 g/mol. The lowest BCUT2D eigenvalue weighted by molar-refractivity contribution is -0.0447. The van der Waals surface area contributed by atoms with E-state index in [1.165, 1.54) is 43.0 Å². The first-order chi connectivity index (χ1) is 19.7. The van der Waals surface area contributed by atoms with Gasteiger partial charge in [0, 0.05) is 18.0 Å². The van der Waals surface area contributed by atoms with Crippen LogP contribution in [0.25, 0.3) is 22.2 Å². The van der Waals surface area contributed by atoms with Crippen molar-refractivity contribution < 1.29 is 14.9 Å². The maximum absolute atomic E-state index is 10.8. The molecule has 1 aliphatic heterocycles. The van der Waals surface area contributed by atoms with Crippen LogP contribution in [0, 0.1) is 5.92 Å². The number of ether oxygens (including phenoxy) is 1. The van der Waals surface area contributed by atoms with Crippen LogP contribution in [0.4, 0.5) is 5.82 Å². The van der Waals surface area contributed by atoms with Crippen molar-refractivity contribution in [2.24, 2.45) is 5.92 Å². The van der Waals surface area contributed by atoms with Crippen LogP contribution in [-0.4, -0.2) is 69.6 Å². The van der Waals surface area contributed by atoms with Crippen molar-refractivity contribution in [2.45, 2.75) is 107 Å².